The standard InChI is InChI=1S/C17H22N2/c18-9-12-1-7-15(8-2-12)19-10-16-13-3-4-14(6-5-13)17(16)11-19/h1-4,7-8,13-14,16-17H,5-6,9-11,18H2. The van der Waals surface area contributed by atoms with E-state index in [0.717, 1.165) is 23.7 Å². The third-order valence-electron chi connectivity index (χ3n) is 5.49. The first-order valence-electron chi connectivity index (χ1n) is 7.57. The molecule has 5 rings (SSSR count). The quantitative estimate of drug-likeness (QED) is 0.822. The van der Waals surface area contributed by atoms with Crippen LogP contribution < -0.4 is 10.6 Å². The molecule has 2 fully saturated rings. The van der Waals surface area contributed by atoms with E-state index in [0.29, 0.717) is 6.54 Å². The molecule has 3 aliphatic carbocycles. The Balaban J connectivity index is 1.55. The van der Waals surface area contributed by atoms with Gasteiger partial charge in [0.25, 0.3) is 0 Å². The minimum atomic E-state index is 0.638. The van der Waals surface area contributed by atoms with Gasteiger partial charge in [0.05, 0.1) is 0 Å². The predicted octanol–water partition coefficient (Wildman–Crippen LogP) is 2.79. The Morgan fingerprint density at radius 1 is 0.947 bits per heavy atom. The van der Waals surface area contributed by atoms with Crippen molar-refractivity contribution >= 4 is 5.69 Å². The number of hydrogen-bond donors (Lipinski definition) is 1. The topological polar surface area (TPSA) is 29.3 Å². The Labute approximate surface area is 115 Å². The van der Waals surface area contributed by atoms with Crippen LogP contribution in [0.1, 0.15) is 18.4 Å². The minimum absolute atomic E-state index is 0.638. The lowest BCUT2D eigenvalue weighted by atomic mass is 9.64. The second-order valence-corrected chi connectivity index (χ2v) is 6.39. The average molecular weight is 254 g/mol. The zero-order chi connectivity index (χ0) is 12.8. The Kier molecular flexibility index (Phi) is 2.66. The normalized spacial score (nSPS) is 35.7. The molecule has 2 N–H and O–H groups in total. The summed E-state index contributed by atoms with van der Waals surface area (Å²) in [5.74, 6) is 3.50. The number of hydrogen-bond acceptors (Lipinski definition) is 2. The van der Waals surface area contributed by atoms with Gasteiger partial charge in [0.1, 0.15) is 0 Å². The predicted molar refractivity (Wildman–Crippen MR) is 78.9 cm³/mol. The van der Waals surface area contributed by atoms with Crippen molar-refractivity contribution in [3.63, 3.8) is 0 Å². The maximum absolute atomic E-state index is 5.67. The highest BCUT2D eigenvalue weighted by molar-refractivity contribution is 5.49. The molecule has 2 bridgehead atoms. The molecule has 0 radical (unpaired) electrons. The fourth-order valence-corrected chi connectivity index (χ4v) is 4.39. The molecule has 0 spiro atoms. The summed E-state index contributed by atoms with van der Waals surface area (Å²) in [4.78, 5) is 2.59. The van der Waals surface area contributed by atoms with Crippen LogP contribution in [0.15, 0.2) is 36.4 Å². The smallest absolute Gasteiger partial charge is 0.0366 e. The van der Waals surface area contributed by atoms with E-state index >= 15 is 0 Å². The first kappa shape index (κ1) is 11.5. The van der Waals surface area contributed by atoms with Crippen molar-refractivity contribution in [2.45, 2.75) is 19.4 Å². The van der Waals surface area contributed by atoms with Gasteiger partial charge in [-0.3, -0.25) is 0 Å². The van der Waals surface area contributed by atoms with Gasteiger partial charge in [-0.2, -0.15) is 0 Å². The van der Waals surface area contributed by atoms with Crippen molar-refractivity contribution in [3.05, 3.63) is 42.0 Å². The summed E-state index contributed by atoms with van der Waals surface area (Å²) in [5, 5.41) is 0. The van der Waals surface area contributed by atoms with Crippen LogP contribution >= 0.6 is 0 Å². The van der Waals surface area contributed by atoms with E-state index in [1.807, 2.05) is 0 Å². The summed E-state index contributed by atoms with van der Waals surface area (Å²) in [5.41, 5.74) is 8.28. The van der Waals surface area contributed by atoms with Crippen LogP contribution in [-0.4, -0.2) is 13.1 Å². The lowest BCUT2D eigenvalue weighted by Gasteiger charge is -2.40. The zero-order valence-electron chi connectivity index (χ0n) is 11.3. The van der Waals surface area contributed by atoms with Gasteiger partial charge >= 0.3 is 0 Å². The molecule has 4 atom stereocenters. The van der Waals surface area contributed by atoms with Gasteiger partial charge in [0, 0.05) is 25.3 Å². The molecule has 1 heterocycles. The molecule has 1 aromatic carbocycles. The maximum atomic E-state index is 5.67. The molecule has 2 nitrogen and oxygen atoms in total. The molecule has 1 aromatic rings. The van der Waals surface area contributed by atoms with Crippen LogP contribution in [0, 0.1) is 23.7 Å². The SMILES string of the molecule is NCc1ccc(N2CC3C4C=CC(CC4)C3C2)cc1. The third kappa shape index (κ3) is 1.81. The number of rotatable bonds is 2. The van der Waals surface area contributed by atoms with Crippen LogP contribution in [0.3, 0.4) is 0 Å². The highest BCUT2D eigenvalue weighted by Crippen LogP contribution is 2.48. The molecule has 1 saturated heterocycles. The summed E-state index contributed by atoms with van der Waals surface area (Å²) in [6.45, 7) is 3.13. The molecule has 0 aromatic heterocycles. The van der Waals surface area contributed by atoms with E-state index in [1.165, 1.54) is 37.2 Å². The van der Waals surface area contributed by atoms with Crippen LogP contribution in [0.2, 0.25) is 0 Å². The van der Waals surface area contributed by atoms with Crippen molar-refractivity contribution in [1.82, 2.24) is 0 Å². The van der Waals surface area contributed by atoms with E-state index in [4.69, 9.17) is 5.73 Å². The monoisotopic (exact) mass is 254 g/mol. The summed E-state index contributed by atoms with van der Waals surface area (Å²) >= 11 is 0. The number of benzene rings is 1. The minimum Gasteiger partial charge on any atom is -0.371 e. The van der Waals surface area contributed by atoms with Crippen molar-refractivity contribution in [2.24, 2.45) is 29.4 Å². The Morgan fingerprint density at radius 2 is 1.53 bits per heavy atom. The van der Waals surface area contributed by atoms with E-state index in [1.54, 1.807) is 0 Å². The molecular weight excluding hydrogens is 232 g/mol. The molecule has 4 unspecified atom stereocenters. The zero-order valence-corrected chi connectivity index (χ0v) is 11.3. The van der Waals surface area contributed by atoms with E-state index in [-0.39, 0.29) is 0 Å². The largest absolute Gasteiger partial charge is 0.371 e. The molecular formula is C17H22N2. The van der Waals surface area contributed by atoms with Gasteiger partial charge < -0.3 is 10.6 Å². The molecule has 2 heteroatoms. The first-order chi connectivity index (χ1) is 9.35. The van der Waals surface area contributed by atoms with Crippen molar-refractivity contribution in [3.8, 4) is 0 Å². The molecule has 1 aliphatic heterocycles. The molecule has 4 aliphatic rings. The lowest BCUT2D eigenvalue weighted by Crippen LogP contribution is -2.35. The summed E-state index contributed by atoms with van der Waals surface area (Å²) in [6.07, 6.45) is 7.83. The van der Waals surface area contributed by atoms with Gasteiger partial charge in [-0.15, -0.1) is 0 Å². The first-order valence-corrected chi connectivity index (χ1v) is 7.57. The van der Waals surface area contributed by atoms with Gasteiger partial charge in [0.15, 0.2) is 0 Å². The van der Waals surface area contributed by atoms with E-state index in [9.17, 15) is 0 Å². The Bertz CT molecular complexity index is 468. The number of nitrogens with two attached hydrogens (primary N) is 1. The van der Waals surface area contributed by atoms with Gasteiger partial charge in [0.2, 0.25) is 0 Å². The van der Waals surface area contributed by atoms with Crippen LogP contribution in [0.4, 0.5) is 5.69 Å². The maximum Gasteiger partial charge on any atom is 0.0366 e. The Morgan fingerprint density at radius 3 is 2.00 bits per heavy atom. The third-order valence-corrected chi connectivity index (χ3v) is 5.49. The number of allylic oxidation sites excluding steroid dienone is 2. The second-order valence-electron chi connectivity index (χ2n) is 6.39. The highest BCUT2D eigenvalue weighted by atomic mass is 15.2. The van der Waals surface area contributed by atoms with Crippen molar-refractivity contribution < 1.29 is 0 Å². The van der Waals surface area contributed by atoms with Crippen LogP contribution in [0.25, 0.3) is 0 Å². The van der Waals surface area contributed by atoms with Crippen LogP contribution in [-0.2, 0) is 6.54 Å². The lowest BCUT2D eigenvalue weighted by molar-refractivity contribution is 0.169. The van der Waals surface area contributed by atoms with Crippen molar-refractivity contribution in [2.75, 3.05) is 18.0 Å². The van der Waals surface area contributed by atoms with E-state index < -0.39 is 0 Å². The summed E-state index contributed by atoms with van der Waals surface area (Å²) in [7, 11) is 0. The van der Waals surface area contributed by atoms with Gasteiger partial charge in [-0.1, -0.05) is 24.3 Å². The fraction of sp³-hybridized carbons (Fsp3) is 0.529. The van der Waals surface area contributed by atoms with Gasteiger partial charge in [-0.05, 0) is 54.2 Å². The summed E-state index contributed by atoms with van der Waals surface area (Å²) in [6, 6.07) is 8.83. The van der Waals surface area contributed by atoms with Crippen molar-refractivity contribution in [1.29, 1.82) is 0 Å². The second kappa shape index (κ2) is 4.38. The molecule has 1 saturated carbocycles. The van der Waals surface area contributed by atoms with Crippen LogP contribution in [0.5, 0.6) is 0 Å². The fourth-order valence-electron chi connectivity index (χ4n) is 4.39. The Hall–Kier alpha value is -1.28. The van der Waals surface area contributed by atoms with E-state index in [2.05, 4.69) is 41.3 Å². The molecule has 19 heavy (non-hydrogen) atoms. The molecule has 0 amide bonds. The highest BCUT2D eigenvalue weighted by Gasteiger charge is 2.45. The molecule has 100 valence electrons. The summed E-state index contributed by atoms with van der Waals surface area (Å²) < 4.78 is 0. The number of nitrogens with zero attached hydrogens (tertiary/aromatic N) is 1. The number of anilines is 1. The average Bonchev–Trinajstić information content (AvgIpc) is 2.96. The number of fused-ring (bicyclic) bond motifs is 1. The van der Waals surface area contributed by atoms with Gasteiger partial charge in [-0.25, -0.2) is 0 Å².